The predicted molar refractivity (Wildman–Crippen MR) is 115 cm³/mol. The Balaban J connectivity index is 1.97. The van der Waals surface area contributed by atoms with Gasteiger partial charge in [-0.2, -0.15) is 0 Å². The molecule has 2 aliphatic rings. The Kier molecular flexibility index (Phi) is 5.19. The summed E-state index contributed by atoms with van der Waals surface area (Å²) in [7, 11) is 1.68. The zero-order chi connectivity index (χ0) is 21.8. The number of benzene rings is 1. The summed E-state index contributed by atoms with van der Waals surface area (Å²) in [6, 6.07) is 3.25. The quantitative estimate of drug-likeness (QED) is 0.787. The molecule has 30 heavy (non-hydrogen) atoms. The lowest BCUT2D eigenvalue weighted by Gasteiger charge is -2.41. The molecule has 2 atom stereocenters. The van der Waals surface area contributed by atoms with Gasteiger partial charge >= 0.3 is 5.97 Å². The van der Waals surface area contributed by atoms with Gasteiger partial charge in [-0.3, -0.25) is 4.79 Å². The number of aromatic nitrogens is 1. The van der Waals surface area contributed by atoms with Crippen LogP contribution in [0.4, 0.5) is 0 Å². The molecule has 0 bridgehead atoms. The van der Waals surface area contributed by atoms with Crippen molar-refractivity contribution in [1.82, 2.24) is 4.57 Å². The average molecular weight is 432 g/mol. The van der Waals surface area contributed by atoms with Crippen molar-refractivity contribution in [3.63, 3.8) is 0 Å². The fourth-order valence-corrected chi connectivity index (χ4v) is 4.93. The first kappa shape index (κ1) is 20.9. The van der Waals surface area contributed by atoms with Gasteiger partial charge in [0.15, 0.2) is 5.43 Å². The molecule has 4 rings (SSSR count). The van der Waals surface area contributed by atoms with E-state index in [1.807, 2.05) is 10.6 Å². The van der Waals surface area contributed by atoms with E-state index in [1.54, 1.807) is 7.11 Å². The normalized spacial score (nSPS) is 20.0. The van der Waals surface area contributed by atoms with Gasteiger partial charge in [-0.05, 0) is 29.9 Å². The number of nitrogens with zero attached hydrogens (tertiary/aromatic N) is 1. The van der Waals surface area contributed by atoms with E-state index in [-0.39, 0.29) is 22.9 Å². The lowest BCUT2D eigenvalue weighted by molar-refractivity contribution is 0.0693. The molecule has 6 nitrogen and oxygen atoms in total. The van der Waals surface area contributed by atoms with E-state index in [1.165, 1.54) is 12.3 Å². The number of methoxy groups -OCH3 is 1. The van der Waals surface area contributed by atoms with Gasteiger partial charge in [-0.1, -0.05) is 32.4 Å². The first-order valence-electron chi connectivity index (χ1n) is 10.1. The van der Waals surface area contributed by atoms with Crippen LogP contribution >= 0.6 is 11.6 Å². The zero-order valence-electron chi connectivity index (χ0n) is 17.6. The van der Waals surface area contributed by atoms with Crippen LogP contribution in [-0.4, -0.2) is 36.0 Å². The molecular weight excluding hydrogens is 406 g/mol. The summed E-state index contributed by atoms with van der Waals surface area (Å²) in [5.74, 6) is -0.266. The minimum atomic E-state index is -1.21. The van der Waals surface area contributed by atoms with E-state index in [9.17, 15) is 14.7 Å². The maximum atomic E-state index is 12.5. The van der Waals surface area contributed by atoms with Crippen LogP contribution in [0.1, 0.15) is 48.3 Å². The van der Waals surface area contributed by atoms with E-state index in [4.69, 9.17) is 21.1 Å². The van der Waals surface area contributed by atoms with Gasteiger partial charge < -0.3 is 19.1 Å². The number of carbonyl (C=O) groups is 1. The largest absolute Gasteiger partial charge is 0.491 e. The SMILES string of the molecule is COCC1COc2c(Cl)cc3c(c2C1)CC(C(C)(C)C)n1cc(C(=O)O)c(=O)cc1-3. The van der Waals surface area contributed by atoms with Gasteiger partial charge in [0.1, 0.15) is 11.3 Å². The summed E-state index contributed by atoms with van der Waals surface area (Å²) in [5, 5.41) is 9.98. The number of carboxylic acids is 1. The molecule has 2 aromatic rings. The monoisotopic (exact) mass is 431 g/mol. The van der Waals surface area contributed by atoms with Crippen LogP contribution in [0.25, 0.3) is 11.3 Å². The van der Waals surface area contributed by atoms with Gasteiger partial charge in [0, 0.05) is 42.5 Å². The van der Waals surface area contributed by atoms with E-state index in [0.29, 0.717) is 36.1 Å². The van der Waals surface area contributed by atoms with Crippen molar-refractivity contribution >= 4 is 17.6 Å². The van der Waals surface area contributed by atoms with Crippen molar-refractivity contribution in [2.75, 3.05) is 20.3 Å². The summed E-state index contributed by atoms with van der Waals surface area (Å²) in [6.45, 7) is 7.52. The van der Waals surface area contributed by atoms with Crippen LogP contribution in [0.3, 0.4) is 0 Å². The van der Waals surface area contributed by atoms with Crippen LogP contribution in [0.5, 0.6) is 5.75 Å². The van der Waals surface area contributed by atoms with Gasteiger partial charge in [0.05, 0.1) is 23.9 Å². The number of carboxylic acid groups (broad SMARTS) is 1. The van der Waals surface area contributed by atoms with Gasteiger partial charge in [-0.25, -0.2) is 4.79 Å². The highest BCUT2D eigenvalue weighted by molar-refractivity contribution is 6.32. The molecule has 7 heteroatoms. The van der Waals surface area contributed by atoms with Crippen LogP contribution < -0.4 is 10.2 Å². The van der Waals surface area contributed by atoms with Crippen LogP contribution in [0, 0.1) is 11.3 Å². The Morgan fingerprint density at radius 3 is 2.67 bits per heavy atom. The van der Waals surface area contributed by atoms with Crippen LogP contribution in [0.2, 0.25) is 5.02 Å². The van der Waals surface area contributed by atoms with Crippen molar-refractivity contribution in [1.29, 1.82) is 0 Å². The number of hydrogen-bond acceptors (Lipinski definition) is 4. The molecule has 1 aromatic carbocycles. The summed E-state index contributed by atoms with van der Waals surface area (Å²) in [4.78, 5) is 24.1. The first-order valence-corrected chi connectivity index (χ1v) is 10.5. The van der Waals surface area contributed by atoms with Crippen molar-refractivity contribution in [3.8, 4) is 17.0 Å². The van der Waals surface area contributed by atoms with Crippen molar-refractivity contribution in [2.24, 2.45) is 11.3 Å². The number of halogens is 1. The summed E-state index contributed by atoms with van der Waals surface area (Å²) < 4.78 is 13.3. The highest BCUT2D eigenvalue weighted by Gasteiger charge is 2.37. The molecule has 160 valence electrons. The lowest BCUT2D eigenvalue weighted by atomic mass is 9.76. The topological polar surface area (TPSA) is 77.8 Å². The molecule has 2 unspecified atom stereocenters. The maximum Gasteiger partial charge on any atom is 0.341 e. The maximum absolute atomic E-state index is 12.5. The second-order valence-electron chi connectivity index (χ2n) is 9.26. The summed E-state index contributed by atoms with van der Waals surface area (Å²) in [6.07, 6.45) is 2.98. The van der Waals surface area contributed by atoms with Crippen LogP contribution in [-0.2, 0) is 17.6 Å². The second-order valence-corrected chi connectivity index (χ2v) is 9.67. The van der Waals surface area contributed by atoms with E-state index in [2.05, 4.69) is 20.8 Å². The predicted octanol–water partition coefficient (Wildman–Crippen LogP) is 4.21. The molecule has 0 aliphatic carbocycles. The number of aromatic carboxylic acids is 1. The fraction of sp³-hybridized carbons (Fsp3) is 0.478. The summed E-state index contributed by atoms with van der Waals surface area (Å²) in [5.41, 5.74) is 2.88. The molecule has 0 saturated carbocycles. The fourth-order valence-electron chi connectivity index (χ4n) is 4.65. The third-order valence-electron chi connectivity index (χ3n) is 6.13. The van der Waals surface area contributed by atoms with Gasteiger partial charge in [0.25, 0.3) is 0 Å². The Labute approximate surface area is 180 Å². The molecule has 3 heterocycles. The Bertz CT molecular complexity index is 1080. The second kappa shape index (κ2) is 7.43. The Hall–Kier alpha value is -2.31. The lowest BCUT2D eigenvalue weighted by Crippen LogP contribution is -2.34. The van der Waals surface area contributed by atoms with Crippen LogP contribution in [0.15, 0.2) is 23.1 Å². The molecule has 0 radical (unpaired) electrons. The Morgan fingerprint density at radius 2 is 2.03 bits per heavy atom. The first-order chi connectivity index (χ1) is 14.1. The smallest absolute Gasteiger partial charge is 0.341 e. The molecule has 0 amide bonds. The molecule has 0 saturated heterocycles. The third kappa shape index (κ3) is 3.42. The molecule has 2 aliphatic heterocycles. The average Bonchev–Trinajstić information content (AvgIpc) is 2.66. The van der Waals surface area contributed by atoms with Crippen molar-refractivity contribution < 1.29 is 19.4 Å². The number of hydrogen-bond donors (Lipinski definition) is 1. The zero-order valence-corrected chi connectivity index (χ0v) is 18.4. The minimum absolute atomic E-state index is 0.0215. The third-order valence-corrected chi connectivity index (χ3v) is 6.41. The van der Waals surface area contributed by atoms with Crippen molar-refractivity contribution in [2.45, 2.75) is 39.7 Å². The van der Waals surface area contributed by atoms with E-state index in [0.717, 1.165) is 23.1 Å². The summed E-state index contributed by atoms with van der Waals surface area (Å²) >= 11 is 6.58. The van der Waals surface area contributed by atoms with E-state index >= 15 is 0 Å². The standard InChI is InChI=1S/C23H26ClNO5/c1-23(2,3)20-7-13-14(18-8-19(26)16(22(27)28)9-25(18)20)6-17(24)21-15(13)5-12(10-29-4)11-30-21/h6,8-9,12,20H,5,7,10-11H2,1-4H3,(H,27,28). The minimum Gasteiger partial charge on any atom is -0.491 e. The molecule has 0 fully saturated rings. The number of ether oxygens (including phenoxy) is 2. The molecule has 1 N–H and O–H groups in total. The highest BCUT2D eigenvalue weighted by atomic mass is 35.5. The van der Waals surface area contributed by atoms with Gasteiger partial charge in [0.2, 0.25) is 0 Å². The number of pyridine rings is 1. The Morgan fingerprint density at radius 1 is 1.30 bits per heavy atom. The number of rotatable bonds is 3. The molecular formula is C23H26ClNO5. The van der Waals surface area contributed by atoms with Crippen molar-refractivity contribution in [3.05, 3.63) is 50.3 Å². The highest BCUT2D eigenvalue weighted by Crippen LogP contribution is 2.48. The van der Waals surface area contributed by atoms with Gasteiger partial charge in [-0.15, -0.1) is 0 Å². The number of fused-ring (bicyclic) bond motifs is 5. The molecule has 0 spiro atoms. The van der Waals surface area contributed by atoms with E-state index < -0.39 is 11.4 Å². The molecule has 1 aromatic heterocycles.